The number of thioether (sulfide) groups is 1. The van der Waals surface area contributed by atoms with E-state index in [1.54, 1.807) is 24.3 Å². The fourth-order valence-corrected chi connectivity index (χ4v) is 4.64. The summed E-state index contributed by atoms with van der Waals surface area (Å²) in [5.74, 6) is 0.653. The van der Waals surface area contributed by atoms with E-state index in [2.05, 4.69) is 31.4 Å². The van der Waals surface area contributed by atoms with Gasteiger partial charge in [-0.15, -0.1) is 10.2 Å². The highest BCUT2D eigenvalue weighted by atomic mass is 79.9. The Morgan fingerprint density at radius 3 is 2.33 bits per heavy atom. The Morgan fingerprint density at radius 2 is 1.73 bits per heavy atom. The molecule has 0 spiro atoms. The van der Waals surface area contributed by atoms with Gasteiger partial charge in [-0.2, -0.15) is 0 Å². The van der Waals surface area contributed by atoms with Crippen molar-refractivity contribution in [3.63, 3.8) is 0 Å². The largest absolute Gasteiger partial charge is 0.342 e. The van der Waals surface area contributed by atoms with Crippen molar-refractivity contribution in [1.82, 2.24) is 20.1 Å². The molecule has 33 heavy (non-hydrogen) atoms. The summed E-state index contributed by atoms with van der Waals surface area (Å²) >= 11 is 16.7. The number of nitrogens with one attached hydrogen (secondary N) is 1. The van der Waals surface area contributed by atoms with Crippen LogP contribution in [-0.2, 0) is 6.54 Å². The van der Waals surface area contributed by atoms with Crippen molar-refractivity contribution < 1.29 is 9.59 Å². The molecule has 1 heterocycles. The maximum absolute atomic E-state index is 12.9. The SMILES string of the molecule is CCn1c(SCC(=O)c2ccc(Br)cc2)nnc1[C@H](NC(=O)c1ccc(Cl)c(Cl)c1)C(C)C. The summed E-state index contributed by atoms with van der Waals surface area (Å²) in [6.07, 6.45) is 0. The average Bonchev–Trinajstić information content (AvgIpc) is 3.20. The number of rotatable bonds is 9. The zero-order valence-electron chi connectivity index (χ0n) is 18.3. The van der Waals surface area contributed by atoms with E-state index in [4.69, 9.17) is 23.2 Å². The van der Waals surface area contributed by atoms with Crippen LogP contribution in [0.2, 0.25) is 10.0 Å². The minimum absolute atomic E-state index is 0.00744. The van der Waals surface area contributed by atoms with Crippen molar-refractivity contribution >= 4 is 62.6 Å². The molecule has 10 heteroatoms. The number of amides is 1. The lowest BCUT2D eigenvalue weighted by Gasteiger charge is -2.22. The minimum atomic E-state index is -0.379. The third-order valence-electron chi connectivity index (χ3n) is 4.97. The first-order valence-corrected chi connectivity index (χ1v) is 12.8. The molecule has 0 aliphatic heterocycles. The van der Waals surface area contributed by atoms with Crippen molar-refractivity contribution in [2.75, 3.05) is 5.75 Å². The summed E-state index contributed by atoms with van der Waals surface area (Å²) in [5, 5.41) is 13.0. The predicted molar refractivity (Wildman–Crippen MR) is 136 cm³/mol. The summed E-state index contributed by atoms with van der Waals surface area (Å²) < 4.78 is 2.85. The lowest BCUT2D eigenvalue weighted by atomic mass is 10.0. The van der Waals surface area contributed by atoms with E-state index in [-0.39, 0.29) is 29.4 Å². The van der Waals surface area contributed by atoms with E-state index in [0.29, 0.717) is 38.7 Å². The fraction of sp³-hybridized carbons (Fsp3) is 0.304. The van der Waals surface area contributed by atoms with Gasteiger partial charge in [-0.1, -0.05) is 76.9 Å². The lowest BCUT2D eigenvalue weighted by Crippen LogP contribution is -2.33. The van der Waals surface area contributed by atoms with Gasteiger partial charge in [0.25, 0.3) is 5.91 Å². The molecule has 1 N–H and O–H groups in total. The molecule has 0 saturated carbocycles. The van der Waals surface area contributed by atoms with Crippen LogP contribution < -0.4 is 5.32 Å². The monoisotopic (exact) mass is 568 g/mol. The van der Waals surface area contributed by atoms with Gasteiger partial charge < -0.3 is 9.88 Å². The van der Waals surface area contributed by atoms with Gasteiger partial charge in [-0.05, 0) is 43.2 Å². The molecule has 3 rings (SSSR count). The number of hydrogen-bond acceptors (Lipinski definition) is 5. The first kappa shape index (κ1) is 25.7. The molecular formula is C23H23BrCl2N4O2S. The highest BCUT2D eigenvalue weighted by molar-refractivity contribution is 9.10. The molecule has 3 aromatic rings. The van der Waals surface area contributed by atoms with Gasteiger partial charge in [0.2, 0.25) is 0 Å². The van der Waals surface area contributed by atoms with Crippen LogP contribution in [0, 0.1) is 5.92 Å². The number of carbonyl (C=O) groups excluding carboxylic acids is 2. The zero-order valence-corrected chi connectivity index (χ0v) is 22.2. The second kappa shape index (κ2) is 11.5. The summed E-state index contributed by atoms with van der Waals surface area (Å²) in [4.78, 5) is 25.4. The molecule has 0 aliphatic rings. The van der Waals surface area contributed by atoms with Crippen molar-refractivity contribution in [3.05, 3.63) is 73.9 Å². The Hall–Kier alpha value is -1.87. The van der Waals surface area contributed by atoms with Crippen LogP contribution in [0.5, 0.6) is 0 Å². The zero-order chi connectivity index (χ0) is 24.1. The molecule has 0 unspecified atom stereocenters. The number of Topliss-reactive ketones (excluding diaryl/α,β-unsaturated/α-hetero) is 1. The van der Waals surface area contributed by atoms with Gasteiger partial charge in [0.05, 0.1) is 21.8 Å². The molecule has 1 atom stereocenters. The Bertz CT molecular complexity index is 1150. The molecular weight excluding hydrogens is 547 g/mol. The Morgan fingerprint density at radius 1 is 1.06 bits per heavy atom. The average molecular weight is 570 g/mol. The van der Waals surface area contributed by atoms with Gasteiger partial charge in [-0.3, -0.25) is 9.59 Å². The highest BCUT2D eigenvalue weighted by Crippen LogP contribution is 2.27. The van der Waals surface area contributed by atoms with Gasteiger partial charge in [0, 0.05) is 22.1 Å². The molecule has 174 valence electrons. The molecule has 6 nitrogen and oxygen atoms in total. The minimum Gasteiger partial charge on any atom is -0.342 e. The normalized spacial score (nSPS) is 12.1. The number of ketones is 1. The van der Waals surface area contributed by atoms with E-state index in [9.17, 15) is 9.59 Å². The maximum Gasteiger partial charge on any atom is 0.251 e. The van der Waals surface area contributed by atoms with Crippen LogP contribution in [0.3, 0.4) is 0 Å². The second-order valence-corrected chi connectivity index (χ2v) is 10.3. The molecule has 2 aromatic carbocycles. The Labute approximate surface area is 215 Å². The van der Waals surface area contributed by atoms with E-state index < -0.39 is 0 Å². The third-order valence-corrected chi connectivity index (χ3v) is 7.21. The summed E-state index contributed by atoms with van der Waals surface area (Å²) in [7, 11) is 0. The lowest BCUT2D eigenvalue weighted by molar-refractivity contribution is 0.0921. The van der Waals surface area contributed by atoms with E-state index in [1.807, 2.05) is 37.5 Å². The van der Waals surface area contributed by atoms with Crippen LogP contribution in [0.4, 0.5) is 0 Å². The first-order valence-electron chi connectivity index (χ1n) is 10.3. The van der Waals surface area contributed by atoms with Crippen LogP contribution in [0.25, 0.3) is 0 Å². The van der Waals surface area contributed by atoms with Crippen molar-refractivity contribution in [3.8, 4) is 0 Å². The van der Waals surface area contributed by atoms with Gasteiger partial charge in [0.15, 0.2) is 16.8 Å². The number of nitrogens with zero attached hydrogens (tertiary/aromatic N) is 3. The topological polar surface area (TPSA) is 76.9 Å². The Balaban J connectivity index is 1.77. The van der Waals surface area contributed by atoms with Gasteiger partial charge >= 0.3 is 0 Å². The van der Waals surface area contributed by atoms with E-state index >= 15 is 0 Å². The number of hydrogen-bond donors (Lipinski definition) is 1. The van der Waals surface area contributed by atoms with Crippen molar-refractivity contribution in [2.24, 2.45) is 5.92 Å². The smallest absolute Gasteiger partial charge is 0.251 e. The second-order valence-electron chi connectivity index (χ2n) is 7.63. The van der Waals surface area contributed by atoms with Gasteiger partial charge in [0.1, 0.15) is 0 Å². The maximum atomic E-state index is 12.9. The fourth-order valence-electron chi connectivity index (χ4n) is 3.17. The molecule has 1 amide bonds. The molecule has 0 saturated heterocycles. The summed E-state index contributed by atoms with van der Waals surface area (Å²) in [6.45, 7) is 6.57. The number of aromatic nitrogens is 3. The van der Waals surface area contributed by atoms with E-state index in [0.717, 1.165) is 4.47 Å². The third kappa shape index (κ3) is 6.38. The van der Waals surface area contributed by atoms with Crippen molar-refractivity contribution in [1.29, 1.82) is 0 Å². The van der Waals surface area contributed by atoms with Crippen LogP contribution in [0.1, 0.15) is 53.4 Å². The number of benzene rings is 2. The Kier molecular flexibility index (Phi) is 8.98. The van der Waals surface area contributed by atoms with Crippen LogP contribution in [0.15, 0.2) is 52.1 Å². The molecule has 1 aromatic heterocycles. The number of halogens is 3. The molecule has 0 fully saturated rings. The number of carbonyl (C=O) groups is 2. The molecule has 0 aliphatic carbocycles. The van der Waals surface area contributed by atoms with E-state index in [1.165, 1.54) is 17.8 Å². The van der Waals surface area contributed by atoms with Crippen molar-refractivity contribution in [2.45, 2.75) is 38.5 Å². The standard InChI is InChI=1S/C23H23BrCl2N4O2S/c1-4-30-21(20(13(2)3)27-22(32)15-7-10-17(25)18(26)11-15)28-29-23(30)33-12-19(31)14-5-8-16(24)9-6-14/h5-11,13,20H,4,12H2,1-3H3,(H,27,32)/t20-/m1/s1. The molecule has 0 bridgehead atoms. The van der Waals surface area contributed by atoms with Crippen LogP contribution >= 0.6 is 50.9 Å². The predicted octanol–water partition coefficient (Wildman–Crippen LogP) is 6.47. The summed E-state index contributed by atoms with van der Waals surface area (Å²) in [6, 6.07) is 11.6. The highest BCUT2D eigenvalue weighted by Gasteiger charge is 2.26. The quantitative estimate of drug-likeness (QED) is 0.236. The van der Waals surface area contributed by atoms with Crippen LogP contribution in [-0.4, -0.2) is 32.2 Å². The summed E-state index contributed by atoms with van der Waals surface area (Å²) in [5.41, 5.74) is 1.05. The van der Waals surface area contributed by atoms with Gasteiger partial charge in [-0.25, -0.2) is 0 Å². The first-order chi connectivity index (χ1) is 15.7. The molecule has 0 radical (unpaired) electrons.